The highest BCUT2D eigenvalue weighted by Crippen LogP contribution is 2.31. The van der Waals surface area contributed by atoms with Crippen molar-refractivity contribution in [3.05, 3.63) is 59.9 Å². The number of carbonyl (C=O) groups is 1. The summed E-state index contributed by atoms with van der Waals surface area (Å²) in [7, 11) is 1.50. The number of ether oxygens (including phenoxy) is 1. The van der Waals surface area contributed by atoms with Gasteiger partial charge in [0.25, 0.3) is 0 Å². The number of hydrogen-bond donors (Lipinski definition) is 1. The maximum atomic E-state index is 13.9. The van der Waals surface area contributed by atoms with Gasteiger partial charge in [0, 0.05) is 17.0 Å². The van der Waals surface area contributed by atoms with Gasteiger partial charge in [-0.15, -0.1) is 0 Å². The van der Waals surface area contributed by atoms with Gasteiger partial charge >= 0.3 is 5.97 Å². The van der Waals surface area contributed by atoms with Crippen molar-refractivity contribution in [1.29, 1.82) is 0 Å². The van der Waals surface area contributed by atoms with E-state index in [1.807, 2.05) is 0 Å². The van der Waals surface area contributed by atoms with Crippen LogP contribution in [0.5, 0.6) is 5.75 Å². The maximum absolute atomic E-state index is 13.9. The average molecular weight is 297 g/mol. The molecule has 4 nitrogen and oxygen atoms in total. The maximum Gasteiger partial charge on any atom is 0.335 e. The Morgan fingerprint density at radius 1 is 1.18 bits per heavy atom. The van der Waals surface area contributed by atoms with Gasteiger partial charge in [-0.3, -0.25) is 0 Å². The van der Waals surface area contributed by atoms with E-state index in [9.17, 15) is 9.18 Å². The molecule has 1 heterocycles. The van der Waals surface area contributed by atoms with Crippen molar-refractivity contribution in [3.63, 3.8) is 0 Å². The number of fused-ring (bicyclic) bond motifs is 1. The lowest BCUT2D eigenvalue weighted by molar-refractivity contribution is 0.0697. The highest BCUT2D eigenvalue weighted by Gasteiger charge is 2.13. The van der Waals surface area contributed by atoms with Crippen molar-refractivity contribution >= 4 is 16.9 Å². The highest BCUT2D eigenvalue weighted by atomic mass is 19.1. The summed E-state index contributed by atoms with van der Waals surface area (Å²) < 4.78 is 19.3. The third kappa shape index (κ3) is 2.37. The largest absolute Gasteiger partial charge is 0.496 e. The molecule has 2 aromatic carbocycles. The summed E-state index contributed by atoms with van der Waals surface area (Å²) in [5.41, 5.74) is 1.29. The number of halogens is 1. The SMILES string of the molecule is COc1cc(-c2ccccc2F)nc2cc(C(=O)O)ccc12. The van der Waals surface area contributed by atoms with E-state index >= 15 is 0 Å². The average Bonchev–Trinajstić information content (AvgIpc) is 2.53. The van der Waals surface area contributed by atoms with Gasteiger partial charge in [0.1, 0.15) is 11.6 Å². The van der Waals surface area contributed by atoms with Crippen LogP contribution in [0.4, 0.5) is 4.39 Å². The first-order valence-electron chi connectivity index (χ1n) is 6.57. The predicted molar refractivity (Wildman–Crippen MR) is 80.6 cm³/mol. The Kier molecular flexibility index (Phi) is 3.47. The minimum absolute atomic E-state index is 0.118. The third-order valence-corrected chi connectivity index (χ3v) is 3.39. The number of carboxylic acids is 1. The summed E-state index contributed by atoms with van der Waals surface area (Å²) in [4.78, 5) is 15.5. The first kappa shape index (κ1) is 14.0. The van der Waals surface area contributed by atoms with E-state index in [0.29, 0.717) is 27.9 Å². The van der Waals surface area contributed by atoms with Gasteiger partial charge in [-0.1, -0.05) is 12.1 Å². The molecule has 0 aliphatic heterocycles. The summed E-state index contributed by atoms with van der Waals surface area (Å²) in [5.74, 6) is -0.926. The lowest BCUT2D eigenvalue weighted by atomic mass is 10.1. The molecule has 5 heteroatoms. The van der Waals surface area contributed by atoms with Crippen molar-refractivity contribution in [3.8, 4) is 17.0 Å². The summed E-state index contributed by atoms with van der Waals surface area (Å²) in [6.07, 6.45) is 0. The Bertz CT molecular complexity index is 877. The molecule has 3 rings (SSSR count). The molecule has 22 heavy (non-hydrogen) atoms. The number of aromatic nitrogens is 1. The van der Waals surface area contributed by atoms with Crippen LogP contribution in [0.2, 0.25) is 0 Å². The van der Waals surface area contributed by atoms with E-state index in [-0.39, 0.29) is 5.56 Å². The first-order valence-corrected chi connectivity index (χ1v) is 6.57. The lowest BCUT2D eigenvalue weighted by Crippen LogP contribution is -1.98. The topological polar surface area (TPSA) is 59.4 Å². The molecule has 3 aromatic rings. The molecule has 0 fully saturated rings. The Morgan fingerprint density at radius 2 is 1.95 bits per heavy atom. The van der Waals surface area contributed by atoms with Crippen LogP contribution in [0.25, 0.3) is 22.2 Å². The summed E-state index contributed by atoms with van der Waals surface area (Å²) in [6, 6.07) is 12.5. The van der Waals surface area contributed by atoms with Crippen LogP contribution in [-0.2, 0) is 0 Å². The van der Waals surface area contributed by atoms with Crippen molar-refractivity contribution in [1.82, 2.24) is 4.98 Å². The summed E-state index contributed by atoms with van der Waals surface area (Å²) >= 11 is 0. The second-order valence-electron chi connectivity index (χ2n) is 4.73. The molecule has 0 bridgehead atoms. The zero-order valence-electron chi connectivity index (χ0n) is 11.7. The fraction of sp³-hybridized carbons (Fsp3) is 0.0588. The van der Waals surface area contributed by atoms with Crippen LogP contribution >= 0.6 is 0 Å². The molecule has 0 unspecified atom stereocenters. The van der Waals surface area contributed by atoms with Crippen molar-refractivity contribution in [2.24, 2.45) is 0 Å². The smallest absolute Gasteiger partial charge is 0.335 e. The number of hydrogen-bond acceptors (Lipinski definition) is 3. The number of aromatic carboxylic acids is 1. The van der Waals surface area contributed by atoms with E-state index in [4.69, 9.17) is 9.84 Å². The highest BCUT2D eigenvalue weighted by molar-refractivity contribution is 5.95. The van der Waals surface area contributed by atoms with Gasteiger partial charge in [-0.2, -0.15) is 0 Å². The zero-order chi connectivity index (χ0) is 15.7. The van der Waals surface area contributed by atoms with E-state index in [1.54, 1.807) is 30.3 Å². The molecule has 0 spiro atoms. The fourth-order valence-corrected chi connectivity index (χ4v) is 2.31. The molecule has 1 aromatic heterocycles. The van der Waals surface area contributed by atoms with Crippen LogP contribution in [0, 0.1) is 5.82 Å². The molecular formula is C17H12FNO3. The molecule has 0 atom stereocenters. The minimum Gasteiger partial charge on any atom is -0.496 e. The van der Waals surface area contributed by atoms with Gasteiger partial charge < -0.3 is 9.84 Å². The number of rotatable bonds is 3. The molecule has 110 valence electrons. The van der Waals surface area contributed by atoms with Crippen LogP contribution in [0.15, 0.2) is 48.5 Å². The molecular weight excluding hydrogens is 285 g/mol. The minimum atomic E-state index is -1.04. The molecule has 1 N–H and O–H groups in total. The monoisotopic (exact) mass is 297 g/mol. The molecule has 0 saturated heterocycles. The molecule has 0 aliphatic rings. The Labute approximate surface area is 125 Å². The zero-order valence-corrected chi connectivity index (χ0v) is 11.7. The molecule has 0 radical (unpaired) electrons. The first-order chi connectivity index (χ1) is 10.6. The van der Waals surface area contributed by atoms with Crippen LogP contribution in [0.3, 0.4) is 0 Å². The number of methoxy groups -OCH3 is 1. The van der Waals surface area contributed by atoms with E-state index in [0.717, 1.165) is 0 Å². The Hall–Kier alpha value is -2.95. The molecule has 0 amide bonds. The second kappa shape index (κ2) is 5.44. The lowest BCUT2D eigenvalue weighted by Gasteiger charge is -2.10. The predicted octanol–water partition coefficient (Wildman–Crippen LogP) is 3.75. The van der Waals surface area contributed by atoms with Crippen molar-refractivity contribution < 1.29 is 19.0 Å². The summed E-state index contributed by atoms with van der Waals surface area (Å²) in [6.45, 7) is 0. The number of pyridine rings is 1. The van der Waals surface area contributed by atoms with Gasteiger partial charge in [-0.25, -0.2) is 14.2 Å². The normalized spacial score (nSPS) is 10.6. The molecule has 0 aliphatic carbocycles. The number of carboxylic acid groups (broad SMARTS) is 1. The van der Waals surface area contributed by atoms with Gasteiger partial charge in [0.05, 0.1) is 23.9 Å². The number of nitrogens with zero attached hydrogens (tertiary/aromatic N) is 1. The Balaban J connectivity index is 2.28. The van der Waals surface area contributed by atoms with Gasteiger partial charge in [-0.05, 0) is 30.3 Å². The number of benzene rings is 2. The van der Waals surface area contributed by atoms with Gasteiger partial charge in [0.15, 0.2) is 0 Å². The van der Waals surface area contributed by atoms with Crippen molar-refractivity contribution in [2.45, 2.75) is 0 Å². The quantitative estimate of drug-likeness (QED) is 0.800. The summed E-state index contributed by atoms with van der Waals surface area (Å²) in [5, 5.41) is 9.76. The van der Waals surface area contributed by atoms with Crippen molar-refractivity contribution in [2.75, 3.05) is 7.11 Å². The standard InChI is InChI=1S/C17H12FNO3/c1-22-16-9-15(11-4-2-3-5-13(11)18)19-14-8-10(17(20)21)6-7-12(14)16/h2-9H,1H3,(H,20,21). The Morgan fingerprint density at radius 3 is 2.64 bits per heavy atom. The van der Waals surface area contributed by atoms with Crippen LogP contribution < -0.4 is 4.74 Å². The second-order valence-corrected chi connectivity index (χ2v) is 4.73. The molecule has 0 saturated carbocycles. The van der Waals surface area contributed by atoms with Crippen LogP contribution in [0.1, 0.15) is 10.4 Å². The van der Waals surface area contributed by atoms with E-state index in [2.05, 4.69) is 4.98 Å². The van der Waals surface area contributed by atoms with E-state index in [1.165, 1.54) is 25.3 Å². The van der Waals surface area contributed by atoms with Crippen LogP contribution in [-0.4, -0.2) is 23.2 Å². The third-order valence-electron chi connectivity index (χ3n) is 3.39. The fourth-order valence-electron chi connectivity index (χ4n) is 2.31. The van der Waals surface area contributed by atoms with Gasteiger partial charge in [0.2, 0.25) is 0 Å². The van der Waals surface area contributed by atoms with E-state index < -0.39 is 11.8 Å².